The molecule has 2 aromatic carbocycles. The van der Waals surface area contributed by atoms with Crippen LogP contribution in [-0.2, 0) is 9.59 Å². The molecule has 2 amide bonds. The van der Waals surface area contributed by atoms with Crippen LogP contribution in [0.5, 0.6) is 0 Å². The largest absolute Gasteiger partial charge is 0.274 e. The Hall–Kier alpha value is -2.50. The molecule has 3 heterocycles. The first-order valence-corrected chi connectivity index (χ1v) is 9.22. The van der Waals surface area contributed by atoms with Crippen molar-refractivity contribution in [1.29, 1.82) is 0 Å². The molecule has 0 aliphatic carbocycles. The van der Waals surface area contributed by atoms with Gasteiger partial charge >= 0.3 is 0 Å². The van der Waals surface area contributed by atoms with E-state index in [4.69, 9.17) is 0 Å². The van der Waals surface area contributed by atoms with Gasteiger partial charge in [-0.05, 0) is 30.5 Å². The topological polar surface area (TPSA) is 43.9 Å². The number of para-hydroxylation sites is 1. The normalized spacial score (nSPS) is 29.1. The molecule has 0 bridgehead atoms. The Kier molecular flexibility index (Phi) is 3.48. The predicted molar refractivity (Wildman–Crippen MR) is 98.1 cm³/mol. The van der Waals surface area contributed by atoms with Gasteiger partial charge in [-0.15, -0.1) is 0 Å². The Morgan fingerprint density at radius 3 is 2.31 bits per heavy atom. The van der Waals surface area contributed by atoms with Gasteiger partial charge in [0.25, 0.3) is 5.91 Å². The Bertz CT molecular complexity index is 854. The van der Waals surface area contributed by atoms with Gasteiger partial charge in [0.05, 0.1) is 18.2 Å². The van der Waals surface area contributed by atoms with Crippen LogP contribution >= 0.6 is 0 Å². The van der Waals surface area contributed by atoms with E-state index in [0.717, 1.165) is 19.5 Å². The molecule has 2 atom stereocenters. The molecule has 3 aliphatic heterocycles. The highest BCUT2D eigenvalue weighted by Gasteiger charge is 2.63. The lowest BCUT2D eigenvalue weighted by atomic mass is 9.88. The second-order valence-electron chi connectivity index (χ2n) is 7.35. The molecule has 2 unspecified atom stereocenters. The van der Waals surface area contributed by atoms with Crippen LogP contribution in [0.2, 0.25) is 0 Å². The van der Waals surface area contributed by atoms with Crippen LogP contribution in [0.25, 0.3) is 0 Å². The van der Waals surface area contributed by atoms with Crippen molar-refractivity contribution in [2.75, 3.05) is 18.0 Å². The number of benzene rings is 2. The van der Waals surface area contributed by atoms with Crippen molar-refractivity contribution in [3.63, 3.8) is 0 Å². The molecular weight excluding hydrogens is 326 g/mol. The zero-order valence-electron chi connectivity index (χ0n) is 14.5. The molecule has 132 valence electrons. The van der Waals surface area contributed by atoms with E-state index < -0.39 is 5.54 Å². The smallest absolute Gasteiger partial charge is 0.256 e. The average Bonchev–Trinajstić information content (AvgIpc) is 3.33. The summed E-state index contributed by atoms with van der Waals surface area (Å²) in [5.74, 6) is -0.166. The summed E-state index contributed by atoms with van der Waals surface area (Å²) in [6.07, 6.45) is 1.96. The third-order valence-corrected chi connectivity index (χ3v) is 5.95. The van der Waals surface area contributed by atoms with Crippen molar-refractivity contribution in [3.8, 4) is 0 Å². The summed E-state index contributed by atoms with van der Waals surface area (Å²) in [7, 11) is 0. The maximum atomic E-state index is 13.5. The minimum atomic E-state index is -0.732. The number of amides is 2. The fraction of sp³-hybridized carbons (Fsp3) is 0.333. The van der Waals surface area contributed by atoms with Crippen molar-refractivity contribution >= 4 is 17.5 Å². The van der Waals surface area contributed by atoms with Gasteiger partial charge in [-0.25, -0.2) is 14.9 Å². The number of fused-ring (bicyclic) bond motifs is 2. The second-order valence-corrected chi connectivity index (χ2v) is 7.35. The molecule has 2 aromatic rings. The lowest BCUT2D eigenvalue weighted by Crippen LogP contribution is -2.52. The SMILES string of the molecule is O=C1CC2(CC(c3ccccc3)N3CCCN32)C(=O)N1c1ccccc1. The van der Waals surface area contributed by atoms with Gasteiger partial charge in [-0.2, -0.15) is 0 Å². The maximum absolute atomic E-state index is 13.5. The molecule has 1 spiro atoms. The van der Waals surface area contributed by atoms with Crippen molar-refractivity contribution in [3.05, 3.63) is 66.2 Å². The summed E-state index contributed by atoms with van der Waals surface area (Å²) in [5, 5.41) is 4.50. The number of nitrogens with zero attached hydrogens (tertiary/aromatic N) is 3. The molecule has 3 saturated heterocycles. The number of carbonyl (C=O) groups is 2. The molecule has 5 heteroatoms. The van der Waals surface area contributed by atoms with Gasteiger partial charge in [0, 0.05) is 13.1 Å². The lowest BCUT2D eigenvalue weighted by molar-refractivity contribution is -0.131. The van der Waals surface area contributed by atoms with Crippen molar-refractivity contribution < 1.29 is 9.59 Å². The molecule has 26 heavy (non-hydrogen) atoms. The number of anilines is 1. The maximum Gasteiger partial charge on any atom is 0.256 e. The minimum Gasteiger partial charge on any atom is -0.274 e. The van der Waals surface area contributed by atoms with Crippen LogP contribution in [-0.4, -0.2) is 40.5 Å². The van der Waals surface area contributed by atoms with E-state index in [9.17, 15) is 9.59 Å². The van der Waals surface area contributed by atoms with Crippen molar-refractivity contribution in [2.45, 2.75) is 30.8 Å². The first-order valence-electron chi connectivity index (χ1n) is 9.22. The summed E-state index contributed by atoms with van der Waals surface area (Å²) >= 11 is 0. The van der Waals surface area contributed by atoms with Crippen molar-refractivity contribution in [2.24, 2.45) is 0 Å². The first kappa shape index (κ1) is 15.7. The van der Waals surface area contributed by atoms with E-state index in [1.165, 1.54) is 10.5 Å². The average molecular weight is 347 g/mol. The Morgan fingerprint density at radius 1 is 0.885 bits per heavy atom. The first-order chi connectivity index (χ1) is 12.7. The third-order valence-electron chi connectivity index (χ3n) is 5.95. The minimum absolute atomic E-state index is 0.0703. The van der Waals surface area contributed by atoms with Crippen molar-refractivity contribution in [1.82, 2.24) is 10.0 Å². The quantitative estimate of drug-likeness (QED) is 0.784. The fourth-order valence-corrected chi connectivity index (χ4v) is 4.84. The number of hydrazine groups is 1. The van der Waals surface area contributed by atoms with Gasteiger partial charge < -0.3 is 0 Å². The van der Waals surface area contributed by atoms with Gasteiger partial charge in [0.2, 0.25) is 5.91 Å². The summed E-state index contributed by atoms with van der Waals surface area (Å²) in [5.41, 5.74) is 1.16. The summed E-state index contributed by atoms with van der Waals surface area (Å²) in [6.45, 7) is 1.78. The summed E-state index contributed by atoms with van der Waals surface area (Å²) in [6, 6.07) is 19.8. The number of imide groups is 1. The van der Waals surface area contributed by atoms with Crippen LogP contribution < -0.4 is 4.90 Å². The fourth-order valence-electron chi connectivity index (χ4n) is 4.84. The van der Waals surface area contributed by atoms with E-state index in [2.05, 4.69) is 22.2 Å². The van der Waals surface area contributed by atoms with E-state index in [1.807, 2.05) is 48.5 Å². The van der Waals surface area contributed by atoms with Crippen LogP contribution in [0.3, 0.4) is 0 Å². The van der Waals surface area contributed by atoms with E-state index in [1.54, 1.807) is 0 Å². The predicted octanol–water partition coefficient (Wildman–Crippen LogP) is 2.76. The van der Waals surface area contributed by atoms with E-state index >= 15 is 0 Å². The Morgan fingerprint density at radius 2 is 1.58 bits per heavy atom. The van der Waals surface area contributed by atoms with Crippen LogP contribution in [0.4, 0.5) is 5.69 Å². The highest BCUT2D eigenvalue weighted by Crippen LogP contribution is 2.50. The molecule has 0 aromatic heterocycles. The molecule has 3 aliphatic rings. The highest BCUT2D eigenvalue weighted by molar-refractivity contribution is 6.24. The zero-order chi connectivity index (χ0) is 17.7. The van der Waals surface area contributed by atoms with Gasteiger partial charge in [-0.3, -0.25) is 9.59 Å². The molecule has 5 rings (SSSR count). The summed E-state index contributed by atoms with van der Waals surface area (Å²) in [4.78, 5) is 27.7. The molecular formula is C21H21N3O2. The lowest BCUT2D eigenvalue weighted by Gasteiger charge is -2.32. The standard InChI is InChI=1S/C21H21N3O2/c25-19-15-21(20(26)24(19)17-10-5-2-6-11-17)14-18(16-8-3-1-4-9-16)22-12-7-13-23(21)22/h1-6,8-11,18H,7,12-15H2. The number of hydrogen-bond donors (Lipinski definition) is 0. The third kappa shape index (κ3) is 2.11. The highest BCUT2D eigenvalue weighted by atomic mass is 16.2. The molecule has 3 fully saturated rings. The zero-order valence-corrected chi connectivity index (χ0v) is 14.5. The van der Waals surface area contributed by atoms with Gasteiger partial charge in [0.1, 0.15) is 5.54 Å². The van der Waals surface area contributed by atoms with E-state index in [0.29, 0.717) is 12.1 Å². The van der Waals surface area contributed by atoms with Crippen LogP contribution in [0.1, 0.15) is 30.9 Å². The van der Waals surface area contributed by atoms with Gasteiger partial charge in [0.15, 0.2) is 0 Å². The second kappa shape index (κ2) is 5.76. The molecule has 0 N–H and O–H groups in total. The Labute approximate surface area is 152 Å². The molecule has 5 nitrogen and oxygen atoms in total. The number of carbonyl (C=O) groups excluding carboxylic acids is 2. The molecule has 0 saturated carbocycles. The Balaban J connectivity index is 1.55. The van der Waals surface area contributed by atoms with Gasteiger partial charge in [-0.1, -0.05) is 48.5 Å². The monoisotopic (exact) mass is 347 g/mol. The number of hydrogen-bond acceptors (Lipinski definition) is 4. The van der Waals surface area contributed by atoms with E-state index in [-0.39, 0.29) is 24.3 Å². The molecule has 0 radical (unpaired) electrons. The van der Waals surface area contributed by atoms with Crippen LogP contribution in [0.15, 0.2) is 60.7 Å². The number of rotatable bonds is 2. The van der Waals surface area contributed by atoms with Crippen LogP contribution in [0, 0.1) is 0 Å². The summed E-state index contributed by atoms with van der Waals surface area (Å²) < 4.78 is 0.